The zero-order valence-corrected chi connectivity index (χ0v) is 24.0. The third kappa shape index (κ3) is 3.77. The van der Waals surface area contributed by atoms with Crippen LogP contribution < -0.4 is 10.6 Å². The average Bonchev–Trinajstić information content (AvgIpc) is 3.44. The molecule has 2 saturated carbocycles. The summed E-state index contributed by atoms with van der Waals surface area (Å²) in [7, 11) is 0. The van der Waals surface area contributed by atoms with E-state index < -0.39 is 17.5 Å². The molecule has 5 atom stereocenters. The number of aryl methyl sites for hydroxylation is 1. The number of nitrogens with zero attached hydrogens (tertiary/aromatic N) is 3. The number of ether oxygens (including phenoxy) is 2. The highest BCUT2D eigenvalue weighted by Gasteiger charge is 2.81. The number of benzene rings is 2. The average molecular weight is 572 g/mol. The maximum absolute atomic E-state index is 10.7. The maximum atomic E-state index is 10.7. The van der Waals surface area contributed by atoms with Gasteiger partial charge >= 0.3 is 0 Å². The fourth-order valence-electron chi connectivity index (χ4n) is 6.56. The second kappa shape index (κ2) is 8.67. The summed E-state index contributed by atoms with van der Waals surface area (Å²) >= 11 is 3.41. The summed E-state index contributed by atoms with van der Waals surface area (Å²) in [6.45, 7) is 6.47. The number of thiophene rings is 1. The molecule has 0 radical (unpaired) electrons. The van der Waals surface area contributed by atoms with Gasteiger partial charge in [0.15, 0.2) is 5.79 Å². The summed E-state index contributed by atoms with van der Waals surface area (Å²) in [5.41, 5.74) is 2.05. The number of hydrogen-bond acceptors (Lipinski definition) is 10. The zero-order valence-electron chi connectivity index (χ0n) is 22.3. The number of anilines is 2. The van der Waals surface area contributed by atoms with Gasteiger partial charge in [0.1, 0.15) is 22.5 Å². The van der Waals surface area contributed by atoms with Crippen molar-refractivity contribution in [2.75, 3.05) is 10.6 Å². The van der Waals surface area contributed by atoms with Crippen LogP contribution in [0.25, 0.3) is 30.9 Å². The Morgan fingerprint density at radius 1 is 1.02 bits per heavy atom. The normalized spacial score (nSPS) is 28.1. The quantitative estimate of drug-likeness (QED) is 0.230. The van der Waals surface area contributed by atoms with Crippen molar-refractivity contribution in [1.82, 2.24) is 15.0 Å². The number of aliphatic hydroxyl groups is 1. The lowest BCUT2D eigenvalue weighted by molar-refractivity contribution is -0.157. The monoisotopic (exact) mass is 571 g/mol. The number of fused-ring (bicyclic) bond motifs is 2. The van der Waals surface area contributed by atoms with E-state index in [2.05, 4.69) is 47.0 Å². The summed E-state index contributed by atoms with van der Waals surface area (Å²) in [5.74, 6) is 0.588. The topological polar surface area (TPSA) is 101 Å². The van der Waals surface area contributed by atoms with Crippen molar-refractivity contribution >= 4 is 54.7 Å². The van der Waals surface area contributed by atoms with E-state index in [0.29, 0.717) is 12.5 Å². The molecule has 3 fully saturated rings. The van der Waals surface area contributed by atoms with Crippen molar-refractivity contribution in [3.63, 3.8) is 0 Å². The van der Waals surface area contributed by atoms with Crippen LogP contribution >= 0.6 is 22.7 Å². The van der Waals surface area contributed by atoms with E-state index in [9.17, 15) is 5.11 Å². The maximum Gasteiger partial charge on any atom is 0.225 e. The van der Waals surface area contributed by atoms with Gasteiger partial charge in [-0.25, -0.2) is 9.97 Å². The van der Waals surface area contributed by atoms with Gasteiger partial charge in [-0.1, -0.05) is 30.3 Å². The summed E-state index contributed by atoms with van der Waals surface area (Å²) in [5, 5.41) is 19.9. The number of rotatable bonds is 6. The van der Waals surface area contributed by atoms with E-state index in [1.165, 1.54) is 15.0 Å². The van der Waals surface area contributed by atoms with E-state index in [0.717, 1.165) is 38.7 Å². The lowest BCUT2D eigenvalue weighted by Gasteiger charge is -2.26. The van der Waals surface area contributed by atoms with Gasteiger partial charge in [0.2, 0.25) is 5.95 Å². The van der Waals surface area contributed by atoms with Crippen LogP contribution in [-0.2, 0) is 16.0 Å². The molecule has 1 unspecified atom stereocenters. The second-order valence-electron chi connectivity index (χ2n) is 11.4. The summed E-state index contributed by atoms with van der Waals surface area (Å²) in [6.07, 6.45) is -0.0166. The van der Waals surface area contributed by atoms with E-state index in [1.54, 1.807) is 22.7 Å². The molecular formula is C30H29N5O3S2. The van der Waals surface area contributed by atoms with E-state index in [-0.39, 0.29) is 18.1 Å². The highest BCUT2D eigenvalue weighted by molar-refractivity contribution is 7.21. The lowest BCUT2D eigenvalue weighted by atomic mass is 10.1. The minimum atomic E-state index is -0.741. The summed E-state index contributed by atoms with van der Waals surface area (Å²) in [4.78, 5) is 16.0. The first-order valence-corrected chi connectivity index (χ1v) is 15.2. The van der Waals surface area contributed by atoms with Crippen molar-refractivity contribution in [2.45, 2.75) is 63.4 Å². The highest BCUT2D eigenvalue weighted by Crippen LogP contribution is 2.65. The molecule has 8 rings (SSSR count). The van der Waals surface area contributed by atoms with Crippen molar-refractivity contribution in [3.8, 4) is 10.6 Å². The van der Waals surface area contributed by atoms with Crippen LogP contribution in [0.4, 0.5) is 11.8 Å². The fourth-order valence-corrected chi connectivity index (χ4v) is 8.62. The molecule has 0 bridgehead atoms. The molecular weight excluding hydrogens is 542 g/mol. The van der Waals surface area contributed by atoms with Gasteiger partial charge in [-0.2, -0.15) is 4.98 Å². The highest BCUT2D eigenvalue weighted by atomic mass is 32.1. The molecule has 8 nitrogen and oxygen atoms in total. The molecule has 3 aromatic heterocycles. The Hall–Kier alpha value is -3.15. The van der Waals surface area contributed by atoms with Gasteiger partial charge in [0.05, 0.1) is 40.2 Å². The third-order valence-electron chi connectivity index (χ3n) is 8.28. The fraction of sp³-hybridized carbons (Fsp3) is 0.367. The Labute approximate surface area is 239 Å². The minimum absolute atomic E-state index is 0.0520. The Kier molecular flexibility index (Phi) is 5.34. The second-order valence-corrected chi connectivity index (χ2v) is 13.6. The number of hydrogen-bond donors (Lipinski definition) is 3. The van der Waals surface area contributed by atoms with E-state index in [1.807, 2.05) is 39.0 Å². The Morgan fingerprint density at radius 2 is 1.82 bits per heavy atom. The number of aliphatic hydroxyl groups excluding tert-OH is 1. The smallest absolute Gasteiger partial charge is 0.225 e. The van der Waals surface area contributed by atoms with Crippen LogP contribution in [0.15, 0.2) is 54.6 Å². The van der Waals surface area contributed by atoms with E-state index >= 15 is 0 Å². The van der Waals surface area contributed by atoms with Gasteiger partial charge in [0.25, 0.3) is 0 Å². The molecule has 40 heavy (non-hydrogen) atoms. The van der Waals surface area contributed by atoms with Crippen molar-refractivity contribution in [1.29, 1.82) is 0 Å². The predicted molar refractivity (Wildman–Crippen MR) is 159 cm³/mol. The van der Waals surface area contributed by atoms with Crippen molar-refractivity contribution in [2.24, 2.45) is 5.92 Å². The van der Waals surface area contributed by atoms with Gasteiger partial charge in [-0.05, 0) is 56.8 Å². The van der Waals surface area contributed by atoms with Crippen LogP contribution in [0, 0.1) is 12.8 Å². The van der Waals surface area contributed by atoms with Crippen LogP contribution in [0.2, 0.25) is 0 Å². The Bertz CT molecular complexity index is 1720. The van der Waals surface area contributed by atoms with Crippen LogP contribution in [-0.4, -0.2) is 49.7 Å². The Balaban J connectivity index is 1.15. The molecule has 4 heterocycles. The van der Waals surface area contributed by atoms with Gasteiger partial charge in [0, 0.05) is 15.5 Å². The van der Waals surface area contributed by atoms with Crippen LogP contribution in [0.1, 0.15) is 30.8 Å². The minimum Gasteiger partial charge on any atom is -0.390 e. The molecule has 2 aliphatic carbocycles. The standard InChI is InChI=1S/C30H29N5O3S2/c1-15-23(27-34-19-9-5-7-11-22(19)40-27)26(33-20-13-18-24(36)30(18)25(20)37-29(2,3)38-30)35-28(32-15)31-14-17-12-16-8-4-6-10-21(16)39-17/h4-12,18,20,24-25,36H,13-14H2,1-3H3,(H2,31,32,33,35)/t18-,20-,24?,25+,30+/m1/s1. The van der Waals surface area contributed by atoms with Gasteiger partial charge in [-0.15, -0.1) is 22.7 Å². The number of nitrogens with one attached hydrogen (secondary N) is 2. The molecule has 1 saturated heterocycles. The molecule has 2 aromatic carbocycles. The van der Waals surface area contributed by atoms with Crippen molar-refractivity contribution < 1.29 is 14.6 Å². The predicted octanol–water partition coefficient (Wildman–Crippen LogP) is 5.95. The largest absolute Gasteiger partial charge is 0.390 e. The molecule has 0 amide bonds. The number of para-hydroxylation sites is 1. The molecule has 5 aromatic rings. The first kappa shape index (κ1) is 24.6. The first-order valence-electron chi connectivity index (χ1n) is 13.6. The molecule has 204 valence electrons. The van der Waals surface area contributed by atoms with E-state index in [4.69, 9.17) is 24.4 Å². The van der Waals surface area contributed by atoms with Crippen LogP contribution in [0.3, 0.4) is 0 Å². The first-order chi connectivity index (χ1) is 19.3. The molecule has 1 aliphatic heterocycles. The van der Waals surface area contributed by atoms with Crippen LogP contribution in [0.5, 0.6) is 0 Å². The number of aromatic nitrogens is 3. The number of thiazole rings is 1. The molecule has 10 heteroatoms. The summed E-state index contributed by atoms with van der Waals surface area (Å²) < 4.78 is 15.0. The van der Waals surface area contributed by atoms with Gasteiger partial charge in [-0.3, -0.25) is 0 Å². The lowest BCUT2D eigenvalue weighted by Crippen LogP contribution is -2.40. The molecule has 3 aliphatic rings. The Morgan fingerprint density at radius 3 is 2.65 bits per heavy atom. The molecule has 3 N–H and O–H groups in total. The summed E-state index contributed by atoms with van der Waals surface area (Å²) in [6, 6.07) is 18.7. The zero-order chi connectivity index (χ0) is 27.2. The molecule has 1 spiro atoms. The third-order valence-corrected chi connectivity index (χ3v) is 10.5. The SMILES string of the molecule is Cc1nc(NCc2cc3ccccc3s2)nc(N[C@@H]2C[C@@H]3C(O)[C@@]34OC(C)(C)O[C@@H]24)c1-c1nc2ccccc2s1. The van der Waals surface area contributed by atoms with Gasteiger partial charge < -0.3 is 25.2 Å². The van der Waals surface area contributed by atoms with Crippen molar-refractivity contribution in [3.05, 3.63) is 65.2 Å².